The van der Waals surface area contributed by atoms with Gasteiger partial charge in [-0.1, -0.05) is 12.8 Å². The van der Waals surface area contributed by atoms with Crippen molar-refractivity contribution in [3.8, 4) is 11.5 Å². The number of rotatable bonds is 7. The molecule has 0 aromatic heterocycles. The third-order valence-electron chi connectivity index (χ3n) is 6.47. The van der Waals surface area contributed by atoms with E-state index < -0.39 is 0 Å². The Kier molecular flexibility index (Phi) is 6.35. The summed E-state index contributed by atoms with van der Waals surface area (Å²) in [6.45, 7) is 5.55. The highest BCUT2D eigenvalue weighted by atomic mass is 16.5. The number of benzene rings is 1. The summed E-state index contributed by atoms with van der Waals surface area (Å²) in [7, 11) is 1.65. The molecule has 2 atom stereocenters. The van der Waals surface area contributed by atoms with Crippen LogP contribution in [0.3, 0.4) is 0 Å². The number of fused-ring (bicyclic) bond motifs is 1. The van der Waals surface area contributed by atoms with Gasteiger partial charge in [0.05, 0.1) is 25.6 Å². The second-order valence-electron chi connectivity index (χ2n) is 8.23. The molecule has 158 valence electrons. The number of hydrogen-bond donors (Lipinski definition) is 0. The highest BCUT2D eigenvalue weighted by molar-refractivity contribution is 6.05. The molecule has 0 radical (unpaired) electrons. The van der Waals surface area contributed by atoms with Crippen molar-refractivity contribution in [2.24, 2.45) is 11.8 Å². The maximum Gasteiger partial charge on any atom is 0.234 e. The van der Waals surface area contributed by atoms with Crippen LogP contribution in [0.2, 0.25) is 0 Å². The van der Waals surface area contributed by atoms with Crippen LogP contribution in [0, 0.1) is 11.8 Å². The van der Waals surface area contributed by atoms with E-state index >= 15 is 0 Å². The van der Waals surface area contributed by atoms with E-state index in [0.717, 1.165) is 69.9 Å². The minimum absolute atomic E-state index is 0.0485. The Labute approximate surface area is 172 Å². The predicted molar refractivity (Wildman–Crippen MR) is 109 cm³/mol. The van der Waals surface area contributed by atoms with Gasteiger partial charge in [0.15, 0.2) is 0 Å². The predicted octanol–water partition coefficient (Wildman–Crippen LogP) is 1.82. The highest BCUT2D eigenvalue weighted by Gasteiger charge is 2.48. The van der Waals surface area contributed by atoms with Crippen molar-refractivity contribution in [2.75, 3.05) is 53.1 Å². The molecule has 0 unspecified atom stereocenters. The summed E-state index contributed by atoms with van der Waals surface area (Å²) >= 11 is 0. The normalized spacial score (nSPS) is 25.9. The summed E-state index contributed by atoms with van der Waals surface area (Å²) in [4.78, 5) is 31.4. The molecule has 1 aromatic rings. The third-order valence-corrected chi connectivity index (χ3v) is 6.47. The minimum Gasteiger partial charge on any atom is -0.497 e. The molecular formula is C22H31N3O4. The number of ether oxygens (including phenoxy) is 2. The Balaban J connectivity index is 1.18. The number of hydrogen-bond acceptors (Lipinski definition) is 6. The second-order valence-corrected chi connectivity index (χ2v) is 8.23. The minimum atomic E-state index is -0.0485. The van der Waals surface area contributed by atoms with Gasteiger partial charge in [-0.15, -0.1) is 0 Å². The number of amides is 2. The Hall–Kier alpha value is -2.12. The molecule has 1 aromatic carbocycles. The lowest BCUT2D eigenvalue weighted by molar-refractivity contribution is -0.142. The molecule has 4 rings (SSSR count). The lowest BCUT2D eigenvalue weighted by Crippen LogP contribution is -2.51. The molecule has 0 spiro atoms. The van der Waals surface area contributed by atoms with E-state index in [2.05, 4.69) is 9.80 Å². The molecule has 0 bridgehead atoms. The maximum absolute atomic E-state index is 12.6. The zero-order valence-corrected chi connectivity index (χ0v) is 17.2. The molecule has 7 nitrogen and oxygen atoms in total. The van der Waals surface area contributed by atoms with E-state index in [1.165, 1.54) is 4.90 Å². The highest BCUT2D eigenvalue weighted by Crippen LogP contribution is 2.38. The fraction of sp³-hybridized carbons (Fsp3) is 0.636. The van der Waals surface area contributed by atoms with E-state index in [1.54, 1.807) is 7.11 Å². The summed E-state index contributed by atoms with van der Waals surface area (Å²) in [5, 5.41) is 0. The molecule has 7 heteroatoms. The monoisotopic (exact) mass is 401 g/mol. The van der Waals surface area contributed by atoms with E-state index in [1.807, 2.05) is 24.3 Å². The quantitative estimate of drug-likeness (QED) is 0.650. The van der Waals surface area contributed by atoms with Gasteiger partial charge >= 0.3 is 0 Å². The number of carbonyl (C=O) groups is 2. The lowest BCUT2D eigenvalue weighted by Gasteiger charge is -2.36. The average molecular weight is 402 g/mol. The maximum atomic E-state index is 12.6. The molecule has 2 saturated heterocycles. The molecule has 2 amide bonds. The van der Waals surface area contributed by atoms with Crippen LogP contribution in [0.1, 0.15) is 25.7 Å². The first-order valence-corrected chi connectivity index (χ1v) is 10.7. The van der Waals surface area contributed by atoms with Crippen molar-refractivity contribution in [1.29, 1.82) is 0 Å². The van der Waals surface area contributed by atoms with Crippen LogP contribution in [0.25, 0.3) is 0 Å². The Morgan fingerprint density at radius 3 is 2.00 bits per heavy atom. The van der Waals surface area contributed by atoms with Crippen LogP contribution in [-0.2, 0) is 9.59 Å². The molecule has 2 heterocycles. The van der Waals surface area contributed by atoms with Crippen molar-refractivity contribution < 1.29 is 19.1 Å². The van der Waals surface area contributed by atoms with Crippen LogP contribution in [0.4, 0.5) is 0 Å². The molecule has 3 fully saturated rings. The standard InChI is InChI=1S/C22H31N3O4/c1-28-17-6-8-18(9-7-17)29-15-14-23-10-12-24(13-11-23)16-25-21(26)19-4-2-3-5-20(19)22(25)27/h6-9,19-20H,2-5,10-16H2,1H3/t19-,20-/m0/s1. The molecule has 1 saturated carbocycles. The number of methoxy groups -OCH3 is 1. The van der Waals surface area contributed by atoms with Crippen molar-refractivity contribution in [1.82, 2.24) is 14.7 Å². The van der Waals surface area contributed by atoms with Gasteiger partial charge in [-0.05, 0) is 37.1 Å². The first-order chi connectivity index (χ1) is 14.2. The fourth-order valence-corrected chi connectivity index (χ4v) is 4.69. The number of likely N-dealkylation sites (tertiary alicyclic amines) is 1. The van der Waals surface area contributed by atoms with Gasteiger partial charge in [-0.25, -0.2) is 0 Å². The lowest BCUT2D eigenvalue weighted by atomic mass is 9.81. The van der Waals surface area contributed by atoms with Gasteiger partial charge in [0.2, 0.25) is 11.8 Å². The largest absolute Gasteiger partial charge is 0.497 e. The fourth-order valence-electron chi connectivity index (χ4n) is 4.69. The summed E-state index contributed by atoms with van der Waals surface area (Å²) in [6.07, 6.45) is 3.91. The van der Waals surface area contributed by atoms with E-state index in [4.69, 9.17) is 9.47 Å². The Morgan fingerprint density at radius 2 is 1.41 bits per heavy atom. The van der Waals surface area contributed by atoms with E-state index in [-0.39, 0.29) is 23.7 Å². The number of imide groups is 1. The van der Waals surface area contributed by atoms with Crippen LogP contribution in [0.5, 0.6) is 11.5 Å². The number of carbonyl (C=O) groups excluding carboxylic acids is 2. The Bertz CT molecular complexity index is 691. The van der Waals surface area contributed by atoms with Crippen LogP contribution in [-0.4, -0.2) is 79.6 Å². The zero-order valence-electron chi connectivity index (χ0n) is 17.2. The first-order valence-electron chi connectivity index (χ1n) is 10.7. The second kappa shape index (κ2) is 9.13. The topological polar surface area (TPSA) is 62.3 Å². The number of nitrogens with zero attached hydrogens (tertiary/aromatic N) is 3. The molecule has 2 aliphatic heterocycles. The van der Waals surface area contributed by atoms with Crippen LogP contribution in [0.15, 0.2) is 24.3 Å². The van der Waals surface area contributed by atoms with Crippen molar-refractivity contribution in [2.45, 2.75) is 25.7 Å². The third kappa shape index (κ3) is 4.56. The molecule has 29 heavy (non-hydrogen) atoms. The van der Waals surface area contributed by atoms with Crippen molar-refractivity contribution >= 4 is 11.8 Å². The van der Waals surface area contributed by atoms with Crippen LogP contribution < -0.4 is 9.47 Å². The van der Waals surface area contributed by atoms with Gasteiger partial charge in [-0.3, -0.25) is 24.3 Å². The van der Waals surface area contributed by atoms with Gasteiger partial charge < -0.3 is 9.47 Å². The summed E-state index contributed by atoms with van der Waals surface area (Å²) in [6, 6.07) is 7.62. The van der Waals surface area contributed by atoms with Gasteiger partial charge in [0.1, 0.15) is 18.1 Å². The zero-order chi connectivity index (χ0) is 20.2. The molecule has 3 aliphatic rings. The SMILES string of the molecule is COc1ccc(OCCN2CCN(CN3C(=O)[C@H]4CCCC[C@@H]4C3=O)CC2)cc1. The van der Waals surface area contributed by atoms with Crippen LogP contribution >= 0.6 is 0 Å². The van der Waals surface area contributed by atoms with Gasteiger partial charge in [-0.2, -0.15) is 0 Å². The van der Waals surface area contributed by atoms with Crippen molar-refractivity contribution in [3.63, 3.8) is 0 Å². The molecular weight excluding hydrogens is 370 g/mol. The van der Waals surface area contributed by atoms with E-state index in [0.29, 0.717) is 13.3 Å². The van der Waals surface area contributed by atoms with Crippen molar-refractivity contribution in [3.05, 3.63) is 24.3 Å². The van der Waals surface area contributed by atoms with E-state index in [9.17, 15) is 9.59 Å². The smallest absolute Gasteiger partial charge is 0.234 e. The van der Waals surface area contributed by atoms with Gasteiger partial charge in [0.25, 0.3) is 0 Å². The average Bonchev–Trinajstić information content (AvgIpc) is 3.00. The molecule has 0 N–H and O–H groups in total. The summed E-state index contributed by atoms with van der Waals surface area (Å²) in [5.74, 6) is 1.70. The van der Waals surface area contributed by atoms with Gasteiger partial charge in [0, 0.05) is 32.7 Å². The first kappa shape index (κ1) is 20.2. The summed E-state index contributed by atoms with van der Waals surface area (Å²) in [5.41, 5.74) is 0. The Morgan fingerprint density at radius 1 is 0.862 bits per heavy atom. The number of piperazine rings is 1. The summed E-state index contributed by atoms with van der Waals surface area (Å²) < 4.78 is 11.0. The molecule has 1 aliphatic carbocycles.